The molecule has 2 aromatic rings. The van der Waals surface area contributed by atoms with Crippen molar-refractivity contribution in [2.45, 2.75) is 130 Å². The molecule has 8 unspecified atom stereocenters. The predicted octanol–water partition coefficient (Wildman–Crippen LogP) is 4.34. The van der Waals surface area contributed by atoms with E-state index in [1.54, 1.807) is 45.0 Å². The molecule has 13 nitrogen and oxygen atoms in total. The molecule has 0 saturated carbocycles. The fraction of sp³-hybridized carbons (Fsp3) is 0.630. The van der Waals surface area contributed by atoms with E-state index in [0.717, 1.165) is 24.0 Å². The number of carbonyl (C=O) groups excluding carboxylic acids is 5. The van der Waals surface area contributed by atoms with Crippen LogP contribution in [0.25, 0.3) is 0 Å². The number of hydrogen-bond acceptors (Lipinski definition) is 8. The minimum atomic E-state index is -0.835. The topological polar surface area (TPSA) is 158 Å². The molecule has 4 N–H and O–H groups in total. The zero-order chi connectivity index (χ0) is 43.8. The third-order valence-electron chi connectivity index (χ3n) is 12.0. The van der Waals surface area contributed by atoms with Gasteiger partial charge in [-0.05, 0) is 48.8 Å². The van der Waals surface area contributed by atoms with Crippen LogP contribution in [0.1, 0.15) is 85.3 Å². The first kappa shape index (κ1) is 49.0. The zero-order valence-electron chi connectivity index (χ0n) is 37.3. The van der Waals surface area contributed by atoms with E-state index >= 15 is 0 Å². The third-order valence-corrected chi connectivity index (χ3v) is 12.0. The SMILES string of the molecule is CCC(C)C(C(CC(=O)N1CCC[C@H]1C(OC)C(C)C(=O)NC(Cc1ccccc1)C(=O)NCc1ccccc1)OC)N(C)C(=O)C(NC(=O)C(NC)C(C)C)C(C)C. The van der Waals surface area contributed by atoms with Crippen molar-refractivity contribution >= 4 is 29.5 Å². The van der Waals surface area contributed by atoms with Crippen LogP contribution in [0.15, 0.2) is 60.7 Å². The molecule has 1 aliphatic rings. The Morgan fingerprint density at radius 2 is 1.39 bits per heavy atom. The average Bonchev–Trinajstić information content (AvgIpc) is 3.71. The second-order valence-corrected chi connectivity index (χ2v) is 16.8. The lowest BCUT2D eigenvalue weighted by atomic mass is 9.89. The van der Waals surface area contributed by atoms with Crippen molar-refractivity contribution in [3.05, 3.63) is 71.8 Å². The maximum absolute atomic E-state index is 14.3. The maximum atomic E-state index is 14.3. The number of hydrogen-bond donors (Lipinski definition) is 4. The Morgan fingerprint density at radius 1 is 0.797 bits per heavy atom. The Labute approximate surface area is 353 Å². The summed E-state index contributed by atoms with van der Waals surface area (Å²) in [7, 11) is 6.56. The van der Waals surface area contributed by atoms with E-state index < -0.39 is 48.3 Å². The molecular weight excluding hydrogens is 749 g/mol. The highest BCUT2D eigenvalue weighted by Gasteiger charge is 2.43. The average molecular weight is 821 g/mol. The highest BCUT2D eigenvalue weighted by molar-refractivity contribution is 5.90. The second-order valence-electron chi connectivity index (χ2n) is 16.8. The van der Waals surface area contributed by atoms with E-state index in [1.807, 2.05) is 102 Å². The summed E-state index contributed by atoms with van der Waals surface area (Å²) in [6, 6.07) is 16.2. The van der Waals surface area contributed by atoms with Gasteiger partial charge < -0.3 is 40.5 Å². The molecule has 1 fully saturated rings. The summed E-state index contributed by atoms with van der Waals surface area (Å²) in [6.07, 6.45) is 1.11. The van der Waals surface area contributed by atoms with Gasteiger partial charge in [0.15, 0.2) is 0 Å². The van der Waals surface area contributed by atoms with Gasteiger partial charge in [-0.25, -0.2) is 0 Å². The van der Waals surface area contributed by atoms with Crippen LogP contribution in [0.5, 0.6) is 0 Å². The van der Waals surface area contributed by atoms with Gasteiger partial charge in [0.2, 0.25) is 29.5 Å². The number of carbonyl (C=O) groups is 5. The Morgan fingerprint density at radius 3 is 1.92 bits per heavy atom. The van der Waals surface area contributed by atoms with Crippen molar-refractivity contribution < 1.29 is 33.4 Å². The van der Waals surface area contributed by atoms with Crippen molar-refractivity contribution in [2.24, 2.45) is 23.7 Å². The van der Waals surface area contributed by atoms with E-state index in [1.165, 1.54) is 0 Å². The lowest BCUT2D eigenvalue weighted by molar-refractivity contribution is -0.148. The smallest absolute Gasteiger partial charge is 0.245 e. The Kier molecular flexibility index (Phi) is 20.0. The molecule has 0 radical (unpaired) electrons. The summed E-state index contributed by atoms with van der Waals surface area (Å²) in [5.41, 5.74) is 1.85. The highest BCUT2D eigenvalue weighted by atomic mass is 16.5. The lowest BCUT2D eigenvalue weighted by Crippen LogP contribution is -2.59. The number of amides is 5. The van der Waals surface area contributed by atoms with Crippen LogP contribution in [0.4, 0.5) is 0 Å². The van der Waals surface area contributed by atoms with E-state index in [4.69, 9.17) is 9.47 Å². The molecule has 2 aromatic carbocycles. The fourth-order valence-electron chi connectivity index (χ4n) is 8.32. The van der Waals surface area contributed by atoms with Crippen LogP contribution in [-0.4, -0.2) is 117 Å². The van der Waals surface area contributed by atoms with Crippen LogP contribution in [0.2, 0.25) is 0 Å². The van der Waals surface area contributed by atoms with Crippen LogP contribution in [0.3, 0.4) is 0 Å². The van der Waals surface area contributed by atoms with E-state index in [0.29, 0.717) is 25.9 Å². The first-order valence-electron chi connectivity index (χ1n) is 21.3. The van der Waals surface area contributed by atoms with Crippen LogP contribution in [-0.2, 0) is 46.4 Å². The molecule has 0 aromatic heterocycles. The van der Waals surface area contributed by atoms with Crippen molar-refractivity contribution in [3.63, 3.8) is 0 Å². The second kappa shape index (κ2) is 24.1. The molecule has 13 heteroatoms. The number of ether oxygens (including phenoxy) is 2. The van der Waals surface area contributed by atoms with Crippen LogP contribution in [0, 0.1) is 23.7 Å². The predicted molar refractivity (Wildman–Crippen MR) is 231 cm³/mol. The number of nitrogens with zero attached hydrogens (tertiary/aromatic N) is 2. The normalized spacial score (nSPS) is 18.3. The molecule has 328 valence electrons. The van der Waals surface area contributed by atoms with E-state index in [-0.39, 0.29) is 53.7 Å². The number of likely N-dealkylation sites (N-methyl/N-ethyl adjacent to an activating group) is 2. The Bertz CT molecular complexity index is 1630. The van der Waals surface area contributed by atoms with Crippen molar-refractivity contribution in [2.75, 3.05) is 34.9 Å². The molecule has 1 saturated heterocycles. The number of benzene rings is 2. The Balaban J connectivity index is 1.79. The minimum absolute atomic E-state index is 0.00521. The van der Waals surface area contributed by atoms with E-state index in [2.05, 4.69) is 21.3 Å². The lowest BCUT2D eigenvalue weighted by Gasteiger charge is -2.41. The maximum Gasteiger partial charge on any atom is 0.245 e. The van der Waals surface area contributed by atoms with Crippen molar-refractivity contribution in [1.82, 2.24) is 31.1 Å². The van der Waals surface area contributed by atoms with Gasteiger partial charge in [-0.1, -0.05) is 116 Å². The molecule has 0 spiro atoms. The van der Waals surface area contributed by atoms with Crippen LogP contribution < -0.4 is 21.3 Å². The molecular formula is C46H72N6O7. The van der Waals surface area contributed by atoms with Crippen LogP contribution >= 0.6 is 0 Å². The van der Waals surface area contributed by atoms with Crippen molar-refractivity contribution in [1.29, 1.82) is 0 Å². The van der Waals surface area contributed by atoms with Gasteiger partial charge in [0.25, 0.3) is 0 Å². The Hall–Kier alpha value is -4.33. The van der Waals surface area contributed by atoms with Gasteiger partial charge in [0.05, 0.1) is 42.7 Å². The molecule has 1 heterocycles. The standard InChI is InChI=1S/C46H72N6O7/c1-12-31(6)41(51(9)46(57)40(30(4)5)50-45(56)39(47-8)29(2)3)37(58-10)27-38(53)52-25-19-24-36(52)42(59-11)32(7)43(54)49-35(26-33-20-15-13-16-21-33)44(55)48-28-34-22-17-14-18-23-34/h13-18,20-23,29-32,35-37,39-42,47H,12,19,24-28H2,1-11H3,(H,48,55)(H,49,54)(H,50,56)/t31?,32?,35?,36-,37?,39?,40?,41?,42?/m0/s1. The summed E-state index contributed by atoms with van der Waals surface area (Å²) in [4.78, 5) is 72.8. The summed E-state index contributed by atoms with van der Waals surface area (Å²) >= 11 is 0. The molecule has 1 aliphatic heterocycles. The van der Waals surface area contributed by atoms with Gasteiger partial charge >= 0.3 is 0 Å². The van der Waals surface area contributed by atoms with Gasteiger partial charge in [0.1, 0.15) is 12.1 Å². The summed E-state index contributed by atoms with van der Waals surface area (Å²) in [6.45, 7) is 14.4. The molecule has 0 aliphatic carbocycles. The summed E-state index contributed by atoms with van der Waals surface area (Å²) in [5.74, 6) is -2.19. The largest absolute Gasteiger partial charge is 0.379 e. The van der Waals surface area contributed by atoms with Gasteiger partial charge in [-0.3, -0.25) is 24.0 Å². The minimum Gasteiger partial charge on any atom is -0.379 e. The summed E-state index contributed by atoms with van der Waals surface area (Å²) < 4.78 is 12.1. The third kappa shape index (κ3) is 13.6. The van der Waals surface area contributed by atoms with E-state index in [9.17, 15) is 24.0 Å². The van der Waals surface area contributed by atoms with Gasteiger partial charge in [-0.15, -0.1) is 0 Å². The fourth-order valence-corrected chi connectivity index (χ4v) is 8.32. The molecule has 5 amide bonds. The zero-order valence-corrected chi connectivity index (χ0v) is 37.3. The molecule has 0 bridgehead atoms. The summed E-state index contributed by atoms with van der Waals surface area (Å²) in [5, 5.41) is 12.0. The highest BCUT2D eigenvalue weighted by Crippen LogP contribution is 2.30. The number of rotatable bonds is 23. The number of likely N-dealkylation sites (tertiary alicyclic amines) is 1. The number of nitrogens with one attached hydrogen (secondary N) is 4. The van der Waals surface area contributed by atoms with Gasteiger partial charge in [-0.2, -0.15) is 0 Å². The first-order valence-corrected chi connectivity index (χ1v) is 21.3. The van der Waals surface area contributed by atoms with Gasteiger partial charge in [0, 0.05) is 40.8 Å². The van der Waals surface area contributed by atoms with Crippen molar-refractivity contribution in [3.8, 4) is 0 Å². The molecule has 9 atom stereocenters. The molecule has 3 rings (SSSR count). The molecule has 59 heavy (non-hydrogen) atoms. The quantitative estimate of drug-likeness (QED) is 0.129. The monoisotopic (exact) mass is 821 g/mol. The first-order chi connectivity index (χ1) is 28.1. The number of methoxy groups -OCH3 is 2.